The number of ether oxygens (including phenoxy) is 1. The summed E-state index contributed by atoms with van der Waals surface area (Å²) in [5.74, 6) is -0.631. The summed E-state index contributed by atoms with van der Waals surface area (Å²) in [5.41, 5.74) is 1.55. The van der Waals surface area contributed by atoms with Crippen LogP contribution >= 0.6 is 15.9 Å². The first-order valence-corrected chi connectivity index (χ1v) is 16.4. The first kappa shape index (κ1) is 34.1. The SMILES string of the molecule is CNC(=O)C(Cc1ccccc1)N(Cc1ccc(Br)cc1)C(=O)CN(c1ccc(OC)cc1)S(=O)(=O)c1ccc(C)c([N+](=O)[O-])c1. The molecule has 0 aromatic heterocycles. The van der Waals surface area contributed by atoms with E-state index in [-0.39, 0.29) is 34.8 Å². The Hall–Kier alpha value is -4.75. The Labute approximate surface area is 276 Å². The number of hydrogen-bond donors (Lipinski definition) is 1. The molecule has 240 valence electrons. The second-order valence-corrected chi connectivity index (χ2v) is 13.2. The minimum Gasteiger partial charge on any atom is -0.497 e. The van der Waals surface area contributed by atoms with Crippen LogP contribution in [0.15, 0.2) is 106 Å². The molecule has 0 bridgehead atoms. The Morgan fingerprint density at radius 3 is 2.20 bits per heavy atom. The predicted molar refractivity (Wildman–Crippen MR) is 178 cm³/mol. The molecule has 0 aliphatic rings. The molecule has 0 radical (unpaired) electrons. The third-order valence-electron chi connectivity index (χ3n) is 7.39. The molecule has 0 aliphatic carbocycles. The molecule has 0 spiro atoms. The highest BCUT2D eigenvalue weighted by atomic mass is 79.9. The molecule has 2 amide bonds. The average Bonchev–Trinajstić information content (AvgIpc) is 3.06. The van der Waals surface area contributed by atoms with E-state index in [0.29, 0.717) is 11.3 Å². The van der Waals surface area contributed by atoms with Crippen molar-refractivity contribution in [1.82, 2.24) is 10.2 Å². The monoisotopic (exact) mass is 708 g/mol. The first-order chi connectivity index (χ1) is 21.9. The van der Waals surface area contributed by atoms with Crippen molar-refractivity contribution in [3.05, 3.63) is 128 Å². The predicted octanol–water partition coefficient (Wildman–Crippen LogP) is 5.26. The Morgan fingerprint density at radius 2 is 1.61 bits per heavy atom. The van der Waals surface area contributed by atoms with Crippen LogP contribution in [0.5, 0.6) is 5.75 Å². The molecule has 46 heavy (non-hydrogen) atoms. The number of nitrogens with one attached hydrogen (secondary N) is 1. The lowest BCUT2D eigenvalue weighted by Gasteiger charge is -2.33. The fourth-order valence-electron chi connectivity index (χ4n) is 4.86. The summed E-state index contributed by atoms with van der Waals surface area (Å²) in [6.07, 6.45) is 0.169. The van der Waals surface area contributed by atoms with Crippen molar-refractivity contribution < 1.29 is 27.7 Å². The van der Waals surface area contributed by atoms with Crippen molar-refractivity contribution in [2.75, 3.05) is 25.0 Å². The maximum atomic E-state index is 14.4. The van der Waals surface area contributed by atoms with Gasteiger partial charge in [0.05, 0.1) is 22.6 Å². The van der Waals surface area contributed by atoms with Crippen LogP contribution < -0.4 is 14.4 Å². The Kier molecular flexibility index (Phi) is 11.1. The summed E-state index contributed by atoms with van der Waals surface area (Å²) in [7, 11) is -1.59. The molecule has 0 aliphatic heterocycles. The topological polar surface area (TPSA) is 139 Å². The number of anilines is 1. The zero-order valence-electron chi connectivity index (χ0n) is 25.4. The minimum absolute atomic E-state index is 0.00351. The summed E-state index contributed by atoms with van der Waals surface area (Å²) in [4.78, 5) is 39.8. The molecule has 0 saturated heterocycles. The van der Waals surface area contributed by atoms with Crippen LogP contribution in [0.25, 0.3) is 0 Å². The molecule has 0 heterocycles. The van der Waals surface area contributed by atoms with Crippen LogP contribution in [0.2, 0.25) is 0 Å². The normalized spacial score (nSPS) is 11.7. The van der Waals surface area contributed by atoms with Gasteiger partial charge in [0.15, 0.2) is 0 Å². The van der Waals surface area contributed by atoms with E-state index in [1.54, 1.807) is 24.3 Å². The highest BCUT2D eigenvalue weighted by Crippen LogP contribution is 2.30. The minimum atomic E-state index is -4.53. The number of rotatable bonds is 13. The number of carbonyl (C=O) groups is 2. The highest BCUT2D eigenvalue weighted by molar-refractivity contribution is 9.10. The lowest BCUT2D eigenvalue weighted by atomic mass is 10.0. The Balaban J connectivity index is 1.82. The van der Waals surface area contributed by atoms with Gasteiger partial charge in [-0.3, -0.25) is 24.0 Å². The van der Waals surface area contributed by atoms with Gasteiger partial charge in [-0.05, 0) is 60.5 Å². The Bertz CT molecular complexity index is 1800. The van der Waals surface area contributed by atoms with Crippen LogP contribution in [0.3, 0.4) is 0 Å². The number of aryl methyl sites for hydroxylation is 1. The molecule has 11 nitrogen and oxygen atoms in total. The lowest BCUT2D eigenvalue weighted by molar-refractivity contribution is -0.385. The summed E-state index contributed by atoms with van der Waals surface area (Å²) < 4.78 is 35.3. The number of nitro groups is 1. The number of carbonyl (C=O) groups excluding carboxylic acids is 2. The maximum Gasteiger partial charge on any atom is 0.273 e. The van der Waals surface area contributed by atoms with Crippen molar-refractivity contribution in [2.45, 2.75) is 30.8 Å². The number of amides is 2. The molecule has 1 N–H and O–H groups in total. The molecular formula is C33H33BrN4O7S. The maximum absolute atomic E-state index is 14.4. The number of hydrogen-bond acceptors (Lipinski definition) is 7. The van der Waals surface area contributed by atoms with Gasteiger partial charge in [-0.25, -0.2) is 8.42 Å². The molecular weight excluding hydrogens is 676 g/mol. The number of nitrogens with zero attached hydrogens (tertiary/aromatic N) is 3. The van der Waals surface area contributed by atoms with Gasteiger partial charge in [-0.2, -0.15) is 0 Å². The number of nitro benzene ring substituents is 1. The van der Waals surface area contributed by atoms with Crippen molar-refractivity contribution in [1.29, 1.82) is 0 Å². The van der Waals surface area contributed by atoms with Crippen LogP contribution in [-0.2, 0) is 32.6 Å². The molecule has 4 rings (SSSR count). The molecule has 13 heteroatoms. The van der Waals surface area contributed by atoms with Crippen LogP contribution in [0, 0.1) is 17.0 Å². The third-order valence-corrected chi connectivity index (χ3v) is 9.69. The van der Waals surface area contributed by atoms with Gasteiger partial charge in [-0.1, -0.05) is 64.5 Å². The summed E-state index contributed by atoms with van der Waals surface area (Å²) in [6, 6.07) is 25.1. The lowest BCUT2D eigenvalue weighted by Crippen LogP contribution is -2.53. The van der Waals surface area contributed by atoms with E-state index in [1.165, 1.54) is 50.2 Å². The van der Waals surface area contributed by atoms with Gasteiger partial charge >= 0.3 is 0 Å². The second-order valence-electron chi connectivity index (χ2n) is 10.4. The van der Waals surface area contributed by atoms with Crippen LogP contribution in [-0.4, -0.2) is 56.8 Å². The standard InChI is InChI=1S/C33H33BrN4O7S/c1-23-9-18-29(20-30(23)38(41)42)46(43,44)37(27-14-16-28(45-3)17-15-27)22-32(39)36(21-25-10-12-26(34)13-11-25)31(33(40)35-2)19-24-7-5-4-6-8-24/h4-18,20,31H,19,21-22H2,1-3H3,(H,35,40). The van der Waals surface area contributed by atoms with E-state index < -0.39 is 39.3 Å². The van der Waals surface area contributed by atoms with Crippen molar-refractivity contribution >= 4 is 49.1 Å². The quantitative estimate of drug-likeness (QED) is 0.148. The van der Waals surface area contributed by atoms with Gasteiger partial charge in [0, 0.05) is 36.1 Å². The van der Waals surface area contributed by atoms with Crippen molar-refractivity contribution in [3.8, 4) is 5.75 Å². The van der Waals surface area contributed by atoms with Gasteiger partial charge < -0.3 is 15.0 Å². The molecule has 0 saturated carbocycles. The smallest absolute Gasteiger partial charge is 0.273 e. The van der Waals surface area contributed by atoms with E-state index >= 15 is 0 Å². The van der Waals surface area contributed by atoms with E-state index in [0.717, 1.165) is 20.4 Å². The average molecular weight is 710 g/mol. The fourth-order valence-corrected chi connectivity index (χ4v) is 6.56. The molecule has 4 aromatic rings. The molecule has 1 atom stereocenters. The zero-order valence-corrected chi connectivity index (χ0v) is 27.8. The largest absolute Gasteiger partial charge is 0.497 e. The fraction of sp³-hybridized carbons (Fsp3) is 0.212. The summed E-state index contributed by atoms with van der Waals surface area (Å²) in [5, 5.41) is 14.3. The van der Waals surface area contributed by atoms with Crippen LogP contribution in [0.4, 0.5) is 11.4 Å². The number of methoxy groups -OCH3 is 1. The van der Waals surface area contributed by atoms with E-state index in [4.69, 9.17) is 4.74 Å². The third kappa shape index (κ3) is 8.09. The summed E-state index contributed by atoms with van der Waals surface area (Å²) >= 11 is 3.41. The van der Waals surface area contributed by atoms with E-state index in [1.807, 2.05) is 42.5 Å². The van der Waals surface area contributed by atoms with Crippen molar-refractivity contribution in [2.24, 2.45) is 0 Å². The highest BCUT2D eigenvalue weighted by Gasteiger charge is 2.35. The van der Waals surface area contributed by atoms with E-state index in [9.17, 15) is 28.1 Å². The zero-order chi connectivity index (χ0) is 33.4. The molecule has 4 aromatic carbocycles. The van der Waals surface area contributed by atoms with Crippen LogP contribution in [0.1, 0.15) is 16.7 Å². The van der Waals surface area contributed by atoms with Gasteiger partial charge in [0.2, 0.25) is 11.8 Å². The summed E-state index contributed by atoms with van der Waals surface area (Å²) in [6.45, 7) is 0.809. The van der Waals surface area contributed by atoms with E-state index in [2.05, 4.69) is 21.2 Å². The van der Waals surface area contributed by atoms with Gasteiger partial charge in [0.1, 0.15) is 18.3 Å². The number of halogens is 1. The van der Waals surface area contributed by atoms with Gasteiger partial charge in [0.25, 0.3) is 15.7 Å². The molecule has 0 fully saturated rings. The van der Waals surface area contributed by atoms with Crippen molar-refractivity contribution in [3.63, 3.8) is 0 Å². The first-order valence-electron chi connectivity index (χ1n) is 14.2. The second kappa shape index (κ2) is 15.0. The number of likely N-dealkylation sites (N-methyl/N-ethyl adjacent to an activating group) is 1. The number of sulfonamides is 1. The number of benzene rings is 4. The Morgan fingerprint density at radius 1 is 0.957 bits per heavy atom. The van der Waals surface area contributed by atoms with Gasteiger partial charge in [-0.15, -0.1) is 0 Å². The molecule has 1 unspecified atom stereocenters.